The summed E-state index contributed by atoms with van der Waals surface area (Å²) >= 11 is 5.94. The number of hydrogen-bond donors (Lipinski definition) is 1. The first-order valence-electron chi connectivity index (χ1n) is 5.41. The second-order valence-corrected chi connectivity index (χ2v) is 3.94. The average Bonchev–Trinajstić information content (AvgIpc) is 2.41. The lowest BCUT2D eigenvalue weighted by molar-refractivity contribution is 0.374. The summed E-state index contributed by atoms with van der Waals surface area (Å²) in [6.07, 6.45) is 0. The third-order valence-electron chi connectivity index (χ3n) is 2.37. The average molecular weight is 265 g/mol. The van der Waals surface area contributed by atoms with Crippen LogP contribution < -0.4 is 15.2 Å². The number of hydrogen-bond acceptors (Lipinski definition) is 4. The Morgan fingerprint density at radius 2 is 1.89 bits per heavy atom. The Kier molecular flexibility index (Phi) is 4.02. The molecule has 0 aliphatic carbocycles. The van der Waals surface area contributed by atoms with E-state index in [2.05, 4.69) is 4.98 Å². The zero-order valence-corrected chi connectivity index (χ0v) is 10.6. The lowest BCUT2D eigenvalue weighted by Crippen LogP contribution is -2.01. The standard InChI is InChI=1S/C13H13ClN2O2/c1-17-11-4-2-3-5-12(11)18-13-7-6-9(14)10(8-15)16-13/h2-7H,8,15H2,1H3. The van der Waals surface area contributed by atoms with Crippen LogP contribution in [-0.2, 0) is 6.54 Å². The second-order valence-electron chi connectivity index (χ2n) is 3.54. The van der Waals surface area contributed by atoms with Gasteiger partial charge < -0.3 is 15.2 Å². The van der Waals surface area contributed by atoms with Gasteiger partial charge in [0, 0.05) is 12.6 Å². The van der Waals surface area contributed by atoms with Crippen molar-refractivity contribution in [3.8, 4) is 17.4 Å². The summed E-state index contributed by atoms with van der Waals surface area (Å²) in [4.78, 5) is 4.23. The number of aromatic nitrogens is 1. The van der Waals surface area contributed by atoms with Crippen molar-refractivity contribution < 1.29 is 9.47 Å². The van der Waals surface area contributed by atoms with Gasteiger partial charge in [-0.15, -0.1) is 0 Å². The van der Waals surface area contributed by atoms with E-state index < -0.39 is 0 Å². The molecule has 0 unspecified atom stereocenters. The van der Waals surface area contributed by atoms with Gasteiger partial charge in [0.2, 0.25) is 5.88 Å². The minimum Gasteiger partial charge on any atom is -0.493 e. The summed E-state index contributed by atoms with van der Waals surface area (Å²) in [5.74, 6) is 1.67. The highest BCUT2D eigenvalue weighted by molar-refractivity contribution is 6.31. The highest BCUT2D eigenvalue weighted by Gasteiger charge is 2.07. The molecule has 0 bridgehead atoms. The first-order valence-corrected chi connectivity index (χ1v) is 5.78. The Labute approximate surface area is 110 Å². The van der Waals surface area contributed by atoms with Crippen LogP contribution in [-0.4, -0.2) is 12.1 Å². The van der Waals surface area contributed by atoms with Gasteiger partial charge in [-0.25, -0.2) is 4.98 Å². The molecule has 1 heterocycles. The Bertz CT molecular complexity index is 546. The zero-order valence-electron chi connectivity index (χ0n) is 9.89. The van der Waals surface area contributed by atoms with Gasteiger partial charge in [-0.05, 0) is 18.2 Å². The fraction of sp³-hybridized carbons (Fsp3) is 0.154. The number of nitrogens with zero attached hydrogens (tertiary/aromatic N) is 1. The summed E-state index contributed by atoms with van der Waals surface area (Å²) in [6.45, 7) is 0.266. The van der Waals surface area contributed by atoms with E-state index in [-0.39, 0.29) is 6.54 Å². The zero-order chi connectivity index (χ0) is 13.0. The van der Waals surface area contributed by atoms with Gasteiger partial charge in [0.1, 0.15) is 0 Å². The molecule has 0 radical (unpaired) electrons. The largest absolute Gasteiger partial charge is 0.493 e. The van der Waals surface area contributed by atoms with E-state index in [0.717, 1.165) is 0 Å². The lowest BCUT2D eigenvalue weighted by atomic mass is 10.3. The van der Waals surface area contributed by atoms with Crippen molar-refractivity contribution in [1.82, 2.24) is 4.98 Å². The molecule has 2 N–H and O–H groups in total. The van der Waals surface area contributed by atoms with Gasteiger partial charge in [0.25, 0.3) is 0 Å². The monoisotopic (exact) mass is 264 g/mol. The van der Waals surface area contributed by atoms with Crippen LogP contribution in [0.15, 0.2) is 36.4 Å². The summed E-state index contributed by atoms with van der Waals surface area (Å²) < 4.78 is 10.8. The number of ether oxygens (including phenoxy) is 2. The molecule has 5 heteroatoms. The van der Waals surface area contributed by atoms with Crippen molar-refractivity contribution in [2.24, 2.45) is 5.73 Å². The van der Waals surface area contributed by atoms with Crippen LogP contribution in [0.5, 0.6) is 17.4 Å². The van der Waals surface area contributed by atoms with Gasteiger partial charge in [0.15, 0.2) is 11.5 Å². The van der Waals surface area contributed by atoms with Crippen molar-refractivity contribution in [3.63, 3.8) is 0 Å². The SMILES string of the molecule is COc1ccccc1Oc1ccc(Cl)c(CN)n1. The first kappa shape index (κ1) is 12.7. The quantitative estimate of drug-likeness (QED) is 0.922. The Morgan fingerprint density at radius 3 is 2.56 bits per heavy atom. The molecule has 0 aliphatic heterocycles. The molecule has 4 nitrogen and oxygen atoms in total. The van der Waals surface area contributed by atoms with E-state index in [1.54, 1.807) is 25.3 Å². The highest BCUT2D eigenvalue weighted by atomic mass is 35.5. The number of pyridine rings is 1. The van der Waals surface area contributed by atoms with Gasteiger partial charge in [-0.3, -0.25) is 0 Å². The van der Waals surface area contributed by atoms with E-state index in [1.165, 1.54) is 0 Å². The minimum absolute atomic E-state index is 0.266. The number of methoxy groups -OCH3 is 1. The van der Waals surface area contributed by atoms with Gasteiger partial charge in [-0.1, -0.05) is 23.7 Å². The van der Waals surface area contributed by atoms with Crippen LogP contribution in [0.4, 0.5) is 0 Å². The molecule has 18 heavy (non-hydrogen) atoms. The number of halogens is 1. The summed E-state index contributed by atoms with van der Waals surface area (Å²) in [5, 5.41) is 0.532. The first-order chi connectivity index (χ1) is 8.74. The van der Waals surface area contributed by atoms with Crippen LogP contribution in [0.25, 0.3) is 0 Å². The summed E-state index contributed by atoms with van der Waals surface area (Å²) in [6, 6.07) is 10.7. The molecule has 0 saturated heterocycles. The predicted octanol–water partition coefficient (Wildman–Crippen LogP) is 2.99. The molecule has 2 rings (SSSR count). The molecule has 0 saturated carbocycles. The summed E-state index contributed by atoms with van der Waals surface area (Å²) in [5.41, 5.74) is 6.14. The Morgan fingerprint density at radius 1 is 1.17 bits per heavy atom. The van der Waals surface area contributed by atoms with E-state index in [4.69, 9.17) is 26.8 Å². The van der Waals surface area contributed by atoms with Crippen molar-refractivity contribution in [3.05, 3.63) is 47.1 Å². The van der Waals surface area contributed by atoms with Crippen molar-refractivity contribution >= 4 is 11.6 Å². The molecule has 0 fully saturated rings. The van der Waals surface area contributed by atoms with Gasteiger partial charge in [0.05, 0.1) is 17.8 Å². The molecule has 1 aromatic heterocycles. The minimum atomic E-state index is 0.266. The molecule has 94 valence electrons. The molecule has 0 aliphatic rings. The smallest absolute Gasteiger partial charge is 0.219 e. The van der Waals surface area contributed by atoms with Crippen LogP contribution in [0, 0.1) is 0 Å². The second kappa shape index (κ2) is 5.71. The summed E-state index contributed by atoms with van der Waals surface area (Å²) in [7, 11) is 1.59. The highest BCUT2D eigenvalue weighted by Crippen LogP contribution is 2.30. The fourth-order valence-electron chi connectivity index (χ4n) is 1.48. The van der Waals surface area contributed by atoms with Crippen LogP contribution in [0.3, 0.4) is 0 Å². The number of rotatable bonds is 4. The molecule has 1 aromatic carbocycles. The molecular formula is C13H13ClN2O2. The maximum atomic E-state index is 5.94. The molecule has 0 spiro atoms. The third-order valence-corrected chi connectivity index (χ3v) is 2.71. The third kappa shape index (κ3) is 2.72. The predicted molar refractivity (Wildman–Crippen MR) is 70.2 cm³/mol. The maximum Gasteiger partial charge on any atom is 0.219 e. The number of benzene rings is 1. The van der Waals surface area contributed by atoms with Gasteiger partial charge >= 0.3 is 0 Å². The number of nitrogens with two attached hydrogens (primary N) is 1. The van der Waals surface area contributed by atoms with Crippen LogP contribution in [0.2, 0.25) is 5.02 Å². The molecule has 0 amide bonds. The van der Waals surface area contributed by atoms with E-state index in [1.807, 2.05) is 18.2 Å². The van der Waals surface area contributed by atoms with E-state index in [9.17, 15) is 0 Å². The van der Waals surface area contributed by atoms with Crippen molar-refractivity contribution in [2.45, 2.75) is 6.54 Å². The maximum absolute atomic E-state index is 5.94. The van der Waals surface area contributed by atoms with Crippen molar-refractivity contribution in [2.75, 3.05) is 7.11 Å². The topological polar surface area (TPSA) is 57.4 Å². The van der Waals surface area contributed by atoms with E-state index >= 15 is 0 Å². The van der Waals surface area contributed by atoms with Crippen LogP contribution >= 0.6 is 11.6 Å². The van der Waals surface area contributed by atoms with Crippen molar-refractivity contribution in [1.29, 1.82) is 0 Å². The van der Waals surface area contributed by atoms with Crippen LogP contribution in [0.1, 0.15) is 5.69 Å². The molecule has 2 aromatic rings. The number of para-hydroxylation sites is 2. The van der Waals surface area contributed by atoms with E-state index in [0.29, 0.717) is 28.1 Å². The Hall–Kier alpha value is -1.78. The van der Waals surface area contributed by atoms with Gasteiger partial charge in [-0.2, -0.15) is 0 Å². The molecule has 0 atom stereocenters. The Balaban J connectivity index is 2.28. The normalized spacial score (nSPS) is 10.2. The fourth-order valence-corrected chi connectivity index (χ4v) is 1.66. The lowest BCUT2D eigenvalue weighted by Gasteiger charge is -2.10. The molecular weight excluding hydrogens is 252 g/mol.